The van der Waals surface area contributed by atoms with Gasteiger partial charge in [0.05, 0.1) is 0 Å². The molecular formula is C7H11NO3. The van der Waals surface area contributed by atoms with Crippen LogP contribution in [-0.4, -0.2) is 35.0 Å². The van der Waals surface area contributed by atoms with Crippen molar-refractivity contribution in [2.75, 3.05) is 13.1 Å². The van der Waals surface area contributed by atoms with Crippen molar-refractivity contribution < 1.29 is 14.7 Å². The highest BCUT2D eigenvalue weighted by Gasteiger charge is 2.27. The molecule has 0 unspecified atom stereocenters. The van der Waals surface area contributed by atoms with Crippen LogP contribution in [0.5, 0.6) is 0 Å². The number of hydrogen-bond acceptors (Lipinski definition) is 2. The molecule has 1 atom stereocenters. The normalized spacial score (nSPS) is 23.7. The molecule has 0 aromatic rings. The second-order valence-electron chi connectivity index (χ2n) is 2.95. The minimum absolute atomic E-state index is 0.443. The monoisotopic (exact) mass is 157 g/mol. The number of carboxylic acid groups (broad SMARTS) is 1. The predicted molar refractivity (Wildman–Crippen MR) is 38.0 cm³/mol. The van der Waals surface area contributed by atoms with E-state index in [4.69, 9.17) is 5.11 Å². The maximum absolute atomic E-state index is 10.8. The molecule has 0 saturated carbocycles. The maximum atomic E-state index is 10.8. The van der Waals surface area contributed by atoms with Gasteiger partial charge >= 0.3 is 11.9 Å². The lowest BCUT2D eigenvalue weighted by atomic mass is 10.2. The van der Waals surface area contributed by atoms with Crippen LogP contribution < -0.4 is 0 Å². The van der Waals surface area contributed by atoms with E-state index < -0.39 is 11.9 Å². The van der Waals surface area contributed by atoms with Gasteiger partial charge in [0.2, 0.25) is 0 Å². The zero-order valence-electron chi connectivity index (χ0n) is 6.41. The Balaban J connectivity index is 2.50. The number of carboxylic acids is 1. The maximum Gasteiger partial charge on any atom is 0.394 e. The summed E-state index contributed by atoms with van der Waals surface area (Å²) >= 11 is 0. The molecule has 62 valence electrons. The largest absolute Gasteiger partial charge is 0.474 e. The van der Waals surface area contributed by atoms with Crippen molar-refractivity contribution in [3.8, 4) is 0 Å². The van der Waals surface area contributed by atoms with Gasteiger partial charge in [-0.15, -0.1) is 0 Å². The first kappa shape index (κ1) is 8.04. The van der Waals surface area contributed by atoms with E-state index in [1.807, 2.05) is 6.92 Å². The van der Waals surface area contributed by atoms with E-state index in [1.165, 1.54) is 4.90 Å². The van der Waals surface area contributed by atoms with Gasteiger partial charge in [-0.05, 0) is 12.3 Å². The summed E-state index contributed by atoms with van der Waals surface area (Å²) in [6.45, 7) is 3.19. The van der Waals surface area contributed by atoms with Gasteiger partial charge in [0.1, 0.15) is 0 Å². The van der Waals surface area contributed by atoms with E-state index in [0.29, 0.717) is 19.0 Å². The smallest absolute Gasteiger partial charge is 0.394 e. The number of carbonyl (C=O) groups is 2. The van der Waals surface area contributed by atoms with Crippen LogP contribution in [0.15, 0.2) is 0 Å². The first-order chi connectivity index (χ1) is 5.11. The Bertz CT molecular complexity index is 190. The van der Waals surface area contributed by atoms with Crippen molar-refractivity contribution in [3.05, 3.63) is 0 Å². The van der Waals surface area contributed by atoms with E-state index >= 15 is 0 Å². The standard InChI is InChI=1S/C7H11NO3/c1-5-2-3-8(4-5)6(9)7(10)11/h5H,2-4H2,1H3,(H,10,11)/t5-/m1/s1. The van der Waals surface area contributed by atoms with E-state index in [9.17, 15) is 9.59 Å². The molecule has 1 rings (SSSR count). The number of likely N-dealkylation sites (tertiary alicyclic amines) is 1. The molecule has 0 aliphatic carbocycles. The van der Waals surface area contributed by atoms with Gasteiger partial charge in [-0.25, -0.2) is 4.79 Å². The molecular weight excluding hydrogens is 146 g/mol. The summed E-state index contributed by atoms with van der Waals surface area (Å²) in [5.74, 6) is -1.67. The van der Waals surface area contributed by atoms with E-state index in [0.717, 1.165) is 6.42 Å². The molecule has 1 amide bonds. The first-order valence-corrected chi connectivity index (χ1v) is 3.63. The zero-order valence-corrected chi connectivity index (χ0v) is 6.41. The van der Waals surface area contributed by atoms with Crippen molar-refractivity contribution >= 4 is 11.9 Å². The van der Waals surface area contributed by atoms with E-state index in [1.54, 1.807) is 0 Å². The van der Waals surface area contributed by atoms with Crippen LogP contribution in [0.3, 0.4) is 0 Å². The topological polar surface area (TPSA) is 57.6 Å². The van der Waals surface area contributed by atoms with Crippen LogP contribution in [0.1, 0.15) is 13.3 Å². The van der Waals surface area contributed by atoms with E-state index in [2.05, 4.69) is 0 Å². The highest BCUT2D eigenvalue weighted by atomic mass is 16.4. The highest BCUT2D eigenvalue weighted by molar-refractivity contribution is 6.31. The minimum atomic E-state index is -1.35. The van der Waals surface area contributed by atoms with Gasteiger partial charge in [-0.2, -0.15) is 0 Å². The summed E-state index contributed by atoms with van der Waals surface area (Å²) in [6.07, 6.45) is 0.916. The average molecular weight is 157 g/mol. The Kier molecular flexibility index (Phi) is 2.12. The van der Waals surface area contributed by atoms with Crippen LogP contribution in [0.4, 0.5) is 0 Å². The first-order valence-electron chi connectivity index (χ1n) is 3.63. The molecule has 1 heterocycles. The molecule has 0 spiro atoms. The number of hydrogen-bond donors (Lipinski definition) is 1. The van der Waals surface area contributed by atoms with Gasteiger partial charge in [-0.3, -0.25) is 4.79 Å². The number of carbonyl (C=O) groups excluding carboxylic acids is 1. The van der Waals surface area contributed by atoms with Gasteiger partial charge in [0.25, 0.3) is 0 Å². The van der Waals surface area contributed by atoms with Crippen molar-refractivity contribution in [3.63, 3.8) is 0 Å². The minimum Gasteiger partial charge on any atom is -0.474 e. The number of nitrogens with zero attached hydrogens (tertiary/aromatic N) is 1. The molecule has 4 heteroatoms. The third-order valence-electron chi connectivity index (χ3n) is 1.89. The number of aliphatic carboxylic acids is 1. The Morgan fingerprint density at radius 1 is 1.55 bits per heavy atom. The summed E-state index contributed by atoms with van der Waals surface area (Å²) < 4.78 is 0. The van der Waals surface area contributed by atoms with Crippen LogP contribution in [0.25, 0.3) is 0 Å². The Labute approximate surface area is 64.8 Å². The third kappa shape index (κ3) is 1.69. The second-order valence-corrected chi connectivity index (χ2v) is 2.95. The molecule has 0 aromatic heterocycles. The molecule has 4 nitrogen and oxygen atoms in total. The van der Waals surface area contributed by atoms with Gasteiger partial charge in [0, 0.05) is 13.1 Å². The summed E-state index contributed by atoms with van der Waals surface area (Å²) in [5.41, 5.74) is 0. The van der Waals surface area contributed by atoms with Crippen LogP contribution in [0.2, 0.25) is 0 Å². The Hall–Kier alpha value is -1.06. The molecule has 0 radical (unpaired) electrons. The van der Waals surface area contributed by atoms with Gasteiger partial charge in [0.15, 0.2) is 0 Å². The fourth-order valence-corrected chi connectivity index (χ4v) is 1.25. The van der Waals surface area contributed by atoms with Gasteiger partial charge in [-0.1, -0.05) is 6.92 Å². The second kappa shape index (κ2) is 2.90. The quantitative estimate of drug-likeness (QED) is 0.501. The predicted octanol–water partition coefficient (Wildman–Crippen LogP) is -0.0606. The van der Waals surface area contributed by atoms with Crippen molar-refractivity contribution in [2.24, 2.45) is 5.92 Å². The fraction of sp³-hybridized carbons (Fsp3) is 0.714. The summed E-state index contributed by atoms with van der Waals surface area (Å²) in [5, 5.41) is 8.34. The summed E-state index contributed by atoms with van der Waals surface area (Å²) in [7, 11) is 0. The lowest BCUT2D eigenvalue weighted by Gasteiger charge is -2.11. The third-order valence-corrected chi connectivity index (χ3v) is 1.89. The summed E-state index contributed by atoms with van der Waals surface area (Å²) in [4.78, 5) is 22.4. The molecule has 1 N–H and O–H groups in total. The summed E-state index contributed by atoms with van der Waals surface area (Å²) in [6, 6.07) is 0. The average Bonchev–Trinajstić information content (AvgIpc) is 2.34. The zero-order chi connectivity index (χ0) is 8.43. The molecule has 1 aliphatic heterocycles. The molecule has 1 saturated heterocycles. The Morgan fingerprint density at radius 3 is 2.55 bits per heavy atom. The van der Waals surface area contributed by atoms with E-state index in [-0.39, 0.29) is 0 Å². The highest BCUT2D eigenvalue weighted by Crippen LogP contribution is 2.14. The molecule has 0 aromatic carbocycles. The molecule has 1 fully saturated rings. The SMILES string of the molecule is C[C@@H]1CCN(C(=O)C(=O)O)C1. The lowest BCUT2D eigenvalue weighted by molar-refractivity contribution is -0.155. The molecule has 11 heavy (non-hydrogen) atoms. The Morgan fingerprint density at radius 2 is 2.18 bits per heavy atom. The van der Waals surface area contributed by atoms with Crippen LogP contribution in [-0.2, 0) is 9.59 Å². The molecule has 1 aliphatic rings. The van der Waals surface area contributed by atoms with Crippen molar-refractivity contribution in [1.82, 2.24) is 4.90 Å². The fourth-order valence-electron chi connectivity index (χ4n) is 1.25. The van der Waals surface area contributed by atoms with Crippen LogP contribution >= 0.6 is 0 Å². The van der Waals surface area contributed by atoms with Gasteiger partial charge < -0.3 is 10.0 Å². The van der Waals surface area contributed by atoms with Crippen molar-refractivity contribution in [1.29, 1.82) is 0 Å². The number of rotatable bonds is 0. The van der Waals surface area contributed by atoms with Crippen LogP contribution in [0, 0.1) is 5.92 Å². The molecule has 0 bridgehead atoms. The van der Waals surface area contributed by atoms with Crippen molar-refractivity contribution in [2.45, 2.75) is 13.3 Å². The number of amides is 1. The lowest BCUT2D eigenvalue weighted by Crippen LogP contribution is -2.34.